The van der Waals surface area contributed by atoms with Crippen LogP contribution in [0, 0.1) is 0 Å². The van der Waals surface area contributed by atoms with Gasteiger partial charge >= 0.3 is 0 Å². The highest BCUT2D eigenvalue weighted by atomic mass is 35.5. The molecular formula is C9H12ClN3. The number of aromatic nitrogens is 1. The van der Waals surface area contributed by atoms with E-state index in [-0.39, 0.29) is 0 Å². The van der Waals surface area contributed by atoms with Gasteiger partial charge in [-0.2, -0.15) is 0 Å². The Kier molecular flexibility index (Phi) is 2.38. The molecule has 0 aromatic carbocycles. The summed E-state index contributed by atoms with van der Waals surface area (Å²) in [5, 5.41) is 0.532. The third kappa shape index (κ3) is 1.76. The van der Waals surface area contributed by atoms with E-state index in [9.17, 15) is 0 Å². The number of anilines is 1. The van der Waals surface area contributed by atoms with Crippen LogP contribution in [0.15, 0.2) is 12.1 Å². The lowest BCUT2D eigenvalue weighted by Gasteiger charge is -2.32. The van der Waals surface area contributed by atoms with Gasteiger partial charge in [0.1, 0.15) is 11.0 Å². The standard InChI is InChI=1S/C9H12ClN3/c10-8-4-7(6-11)5-9(12-8)13-2-1-3-13/h4-5H,1-3,6,11H2. The van der Waals surface area contributed by atoms with Gasteiger partial charge in [0.2, 0.25) is 0 Å². The van der Waals surface area contributed by atoms with Crippen molar-refractivity contribution in [3.05, 3.63) is 22.8 Å². The minimum Gasteiger partial charge on any atom is -0.356 e. The molecule has 0 radical (unpaired) electrons. The monoisotopic (exact) mass is 197 g/mol. The highest BCUT2D eigenvalue weighted by Gasteiger charge is 2.16. The van der Waals surface area contributed by atoms with E-state index in [0.717, 1.165) is 24.5 Å². The first-order valence-corrected chi connectivity index (χ1v) is 4.79. The summed E-state index contributed by atoms with van der Waals surface area (Å²) in [5.41, 5.74) is 6.59. The molecule has 13 heavy (non-hydrogen) atoms. The molecule has 1 aliphatic rings. The fourth-order valence-corrected chi connectivity index (χ4v) is 1.59. The Balaban J connectivity index is 2.28. The molecule has 2 heterocycles. The van der Waals surface area contributed by atoms with E-state index in [1.165, 1.54) is 6.42 Å². The van der Waals surface area contributed by atoms with E-state index in [1.54, 1.807) is 0 Å². The maximum atomic E-state index is 5.86. The van der Waals surface area contributed by atoms with Crippen LogP contribution in [0.25, 0.3) is 0 Å². The van der Waals surface area contributed by atoms with Crippen LogP contribution in [-0.4, -0.2) is 18.1 Å². The first-order valence-electron chi connectivity index (χ1n) is 4.41. The number of halogens is 1. The smallest absolute Gasteiger partial charge is 0.131 e. The van der Waals surface area contributed by atoms with Gasteiger partial charge in [-0.3, -0.25) is 0 Å². The molecule has 0 atom stereocenters. The van der Waals surface area contributed by atoms with Crippen LogP contribution in [0.1, 0.15) is 12.0 Å². The summed E-state index contributed by atoms with van der Waals surface area (Å²) in [4.78, 5) is 6.44. The van der Waals surface area contributed by atoms with Gasteiger partial charge in [-0.15, -0.1) is 0 Å². The van der Waals surface area contributed by atoms with Crippen LogP contribution in [0.2, 0.25) is 5.15 Å². The molecule has 3 nitrogen and oxygen atoms in total. The van der Waals surface area contributed by atoms with Crippen molar-refractivity contribution >= 4 is 17.4 Å². The Hall–Kier alpha value is -0.800. The molecule has 0 aliphatic carbocycles. The van der Waals surface area contributed by atoms with Crippen LogP contribution in [0.5, 0.6) is 0 Å². The summed E-state index contributed by atoms with van der Waals surface area (Å²) in [6.07, 6.45) is 1.24. The SMILES string of the molecule is NCc1cc(Cl)nc(N2CCC2)c1. The second-order valence-electron chi connectivity index (χ2n) is 3.20. The number of pyridine rings is 1. The van der Waals surface area contributed by atoms with E-state index in [0.29, 0.717) is 11.7 Å². The van der Waals surface area contributed by atoms with Gasteiger partial charge in [0.25, 0.3) is 0 Å². The molecule has 70 valence electrons. The van der Waals surface area contributed by atoms with E-state index < -0.39 is 0 Å². The fourth-order valence-electron chi connectivity index (χ4n) is 1.36. The molecule has 4 heteroatoms. The van der Waals surface area contributed by atoms with Crippen molar-refractivity contribution in [1.82, 2.24) is 4.98 Å². The van der Waals surface area contributed by atoms with Crippen molar-refractivity contribution in [2.45, 2.75) is 13.0 Å². The van der Waals surface area contributed by atoms with Crippen LogP contribution in [0.4, 0.5) is 5.82 Å². The molecule has 1 aromatic rings. The lowest BCUT2D eigenvalue weighted by atomic mass is 10.2. The van der Waals surface area contributed by atoms with Crippen molar-refractivity contribution in [3.8, 4) is 0 Å². The Morgan fingerprint density at radius 1 is 1.46 bits per heavy atom. The number of nitrogens with two attached hydrogens (primary N) is 1. The van der Waals surface area contributed by atoms with E-state index >= 15 is 0 Å². The molecule has 1 fully saturated rings. The average Bonchev–Trinajstić information content (AvgIpc) is 2.00. The molecule has 0 unspecified atom stereocenters. The molecule has 2 N–H and O–H groups in total. The molecule has 0 spiro atoms. The van der Waals surface area contributed by atoms with Crippen molar-refractivity contribution < 1.29 is 0 Å². The van der Waals surface area contributed by atoms with Crippen LogP contribution < -0.4 is 10.6 Å². The summed E-state index contributed by atoms with van der Waals surface area (Å²) in [7, 11) is 0. The zero-order chi connectivity index (χ0) is 9.26. The molecule has 0 saturated carbocycles. The van der Waals surface area contributed by atoms with Crippen LogP contribution in [-0.2, 0) is 6.54 Å². The highest BCUT2D eigenvalue weighted by molar-refractivity contribution is 6.29. The number of nitrogens with zero attached hydrogens (tertiary/aromatic N) is 2. The Morgan fingerprint density at radius 3 is 2.77 bits per heavy atom. The van der Waals surface area contributed by atoms with Crippen LogP contribution >= 0.6 is 11.6 Å². The molecule has 0 amide bonds. The molecule has 0 bridgehead atoms. The Morgan fingerprint density at radius 2 is 2.23 bits per heavy atom. The van der Waals surface area contributed by atoms with Crippen molar-refractivity contribution in [2.24, 2.45) is 5.73 Å². The summed E-state index contributed by atoms with van der Waals surface area (Å²) < 4.78 is 0. The predicted molar refractivity (Wildman–Crippen MR) is 54.0 cm³/mol. The molecule has 1 aliphatic heterocycles. The third-order valence-electron chi connectivity index (χ3n) is 2.26. The van der Waals surface area contributed by atoms with Crippen molar-refractivity contribution in [2.75, 3.05) is 18.0 Å². The van der Waals surface area contributed by atoms with Gasteiger partial charge in [0.15, 0.2) is 0 Å². The maximum Gasteiger partial charge on any atom is 0.131 e. The number of rotatable bonds is 2. The maximum absolute atomic E-state index is 5.86. The number of hydrogen-bond donors (Lipinski definition) is 1. The van der Waals surface area contributed by atoms with Gasteiger partial charge in [0, 0.05) is 19.6 Å². The zero-order valence-electron chi connectivity index (χ0n) is 7.33. The minimum absolute atomic E-state index is 0.517. The van der Waals surface area contributed by atoms with Gasteiger partial charge < -0.3 is 10.6 Å². The summed E-state index contributed by atoms with van der Waals surface area (Å²) in [6, 6.07) is 3.82. The second kappa shape index (κ2) is 3.52. The van der Waals surface area contributed by atoms with Gasteiger partial charge in [-0.1, -0.05) is 11.6 Å². The quantitative estimate of drug-likeness (QED) is 0.729. The molecule has 2 rings (SSSR count). The Bertz CT molecular complexity index is 310. The van der Waals surface area contributed by atoms with E-state index in [4.69, 9.17) is 17.3 Å². The van der Waals surface area contributed by atoms with Gasteiger partial charge in [-0.05, 0) is 24.1 Å². The van der Waals surface area contributed by atoms with E-state index in [1.807, 2.05) is 12.1 Å². The summed E-state index contributed by atoms with van der Waals surface area (Å²) in [5.74, 6) is 0.958. The Labute approximate surface area is 82.5 Å². The third-order valence-corrected chi connectivity index (χ3v) is 2.45. The zero-order valence-corrected chi connectivity index (χ0v) is 8.09. The first kappa shape index (κ1) is 8.78. The van der Waals surface area contributed by atoms with Crippen molar-refractivity contribution in [1.29, 1.82) is 0 Å². The highest BCUT2D eigenvalue weighted by Crippen LogP contribution is 2.21. The normalized spacial score (nSPS) is 15.7. The van der Waals surface area contributed by atoms with E-state index in [2.05, 4.69) is 9.88 Å². The molecular weight excluding hydrogens is 186 g/mol. The molecule has 1 saturated heterocycles. The largest absolute Gasteiger partial charge is 0.356 e. The summed E-state index contributed by atoms with van der Waals surface area (Å²) in [6.45, 7) is 2.68. The lowest BCUT2D eigenvalue weighted by Crippen LogP contribution is -2.37. The summed E-state index contributed by atoms with van der Waals surface area (Å²) >= 11 is 5.86. The fraction of sp³-hybridized carbons (Fsp3) is 0.444. The van der Waals surface area contributed by atoms with Crippen LogP contribution in [0.3, 0.4) is 0 Å². The topological polar surface area (TPSA) is 42.1 Å². The van der Waals surface area contributed by atoms with Crippen molar-refractivity contribution in [3.63, 3.8) is 0 Å². The lowest BCUT2D eigenvalue weighted by molar-refractivity contribution is 0.609. The molecule has 1 aromatic heterocycles. The minimum atomic E-state index is 0.517. The number of hydrogen-bond acceptors (Lipinski definition) is 3. The first-order chi connectivity index (χ1) is 6.29. The van der Waals surface area contributed by atoms with Gasteiger partial charge in [-0.25, -0.2) is 4.98 Å². The predicted octanol–water partition coefficient (Wildman–Crippen LogP) is 1.40. The second-order valence-corrected chi connectivity index (χ2v) is 3.59. The van der Waals surface area contributed by atoms with Gasteiger partial charge in [0.05, 0.1) is 0 Å². The average molecular weight is 198 g/mol.